The zero-order valence-corrected chi connectivity index (χ0v) is 12.8. The predicted molar refractivity (Wildman–Crippen MR) is 91.6 cm³/mol. The molecule has 0 fully saturated rings. The van der Waals surface area contributed by atoms with Crippen LogP contribution in [0.2, 0.25) is 0 Å². The molecule has 0 amide bonds. The second-order valence-corrected chi connectivity index (χ2v) is 5.38. The summed E-state index contributed by atoms with van der Waals surface area (Å²) in [7, 11) is 0. The molecule has 0 aliphatic carbocycles. The molecule has 0 bridgehead atoms. The van der Waals surface area contributed by atoms with Gasteiger partial charge in [-0.3, -0.25) is 14.9 Å². The number of non-ortho nitro benzene ring substituents is 1. The second-order valence-electron chi connectivity index (χ2n) is 5.38. The summed E-state index contributed by atoms with van der Waals surface area (Å²) in [6.07, 6.45) is 1.70. The number of hydrogen-bond acceptors (Lipinski definition) is 5. The Hall–Kier alpha value is -3.81. The summed E-state index contributed by atoms with van der Waals surface area (Å²) in [6, 6.07) is 15.4. The molecular weight excluding hydrogens is 322 g/mol. The van der Waals surface area contributed by atoms with Crippen molar-refractivity contribution in [3.05, 3.63) is 81.3 Å². The molecule has 4 rings (SSSR count). The zero-order chi connectivity index (χ0) is 17.4. The molecule has 0 saturated heterocycles. The molecule has 8 nitrogen and oxygen atoms in total. The van der Waals surface area contributed by atoms with Crippen LogP contribution in [0.5, 0.6) is 0 Å². The molecule has 2 aromatic carbocycles. The molecule has 2 heterocycles. The Morgan fingerprint density at radius 1 is 1.04 bits per heavy atom. The van der Waals surface area contributed by atoms with E-state index in [2.05, 4.69) is 15.3 Å². The van der Waals surface area contributed by atoms with Crippen molar-refractivity contribution in [2.24, 2.45) is 0 Å². The normalized spacial score (nSPS) is 10.9. The number of fused-ring (bicyclic) bond motifs is 1. The van der Waals surface area contributed by atoms with Crippen molar-refractivity contribution in [3.8, 4) is 16.9 Å². The van der Waals surface area contributed by atoms with Crippen LogP contribution in [0.25, 0.3) is 27.8 Å². The molecule has 25 heavy (non-hydrogen) atoms. The smallest absolute Gasteiger partial charge is 0.265 e. The van der Waals surface area contributed by atoms with E-state index in [-0.39, 0.29) is 11.2 Å². The number of nitro groups is 1. The number of nitro benzene ring substituents is 1. The van der Waals surface area contributed by atoms with Gasteiger partial charge in [-0.15, -0.1) is 0 Å². The summed E-state index contributed by atoms with van der Waals surface area (Å²) < 4.78 is 1.51. The van der Waals surface area contributed by atoms with Gasteiger partial charge in [-0.05, 0) is 12.1 Å². The molecule has 8 heteroatoms. The van der Waals surface area contributed by atoms with Gasteiger partial charge in [0.05, 0.1) is 16.0 Å². The molecule has 1 N–H and O–H groups in total. The summed E-state index contributed by atoms with van der Waals surface area (Å²) in [5.74, 6) is 0. The summed E-state index contributed by atoms with van der Waals surface area (Å²) in [6.45, 7) is 0. The van der Waals surface area contributed by atoms with Gasteiger partial charge in [-0.1, -0.05) is 30.3 Å². The highest BCUT2D eigenvalue weighted by atomic mass is 16.6. The quantitative estimate of drug-likeness (QED) is 0.458. The highest BCUT2D eigenvalue weighted by Gasteiger charge is 2.14. The number of aromatic amines is 1. The summed E-state index contributed by atoms with van der Waals surface area (Å²) >= 11 is 0. The fourth-order valence-corrected chi connectivity index (χ4v) is 2.61. The van der Waals surface area contributed by atoms with Crippen molar-refractivity contribution in [3.63, 3.8) is 0 Å². The van der Waals surface area contributed by atoms with Crippen LogP contribution in [0.3, 0.4) is 0 Å². The molecule has 0 aliphatic rings. The van der Waals surface area contributed by atoms with E-state index in [9.17, 15) is 14.9 Å². The molecule has 2 aromatic heterocycles. The number of aromatic nitrogens is 4. The largest absolute Gasteiger partial charge is 0.292 e. The van der Waals surface area contributed by atoms with E-state index in [1.807, 2.05) is 30.3 Å². The maximum absolute atomic E-state index is 12.1. The summed E-state index contributed by atoms with van der Waals surface area (Å²) in [5, 5.41) is 22.3. The molecule has 0 unspecified atom stereocenters. The summed E-state index contributed by atoms with van der Waals surface area (Å²) in [5.41, 5.74) is 1.93. The van der Waals surface area contributed by atoms with E-state index < -0.39 is 10.5 Å². The third-order valence-corrected chi connectivity index (χ3v) is 3.83. The first-order valence-electron chi connectivity index (χ1n) is 7.42. The van der Waals surface area contributed by atoms with E-state index in [0.717, 1.165) is 5.56 Å². The van der Waals surface area contributed by atoms with Gasteiger partial charge in [0.2, 0.25) is 0 Å². The monoisotopic (exact) mass is 333 g/mol. The van der Waals surface area contributed by atoms with E-state index in [1.165, 1.54) is 16.8 Å². The molecule has 0 saturated carbocycles. The first-order chi connectivity index (χ1) is 12.1. The van der Waals surface area contributed by atoms with Crippen LogP contribution < -0.4 is 5.56 Å². The number of nitrogens with zero attached hydrogens (tertiary/aromatic N) is 4. The first kappa shape index (κ1) is 14.8. The van der Waals surface area contributed by atoms with E-state index in [4.69, 9.17) is 0 Å². The third-order valence-electron chi connectivity index (χ3n) is 3.83. The maximum Gasteiger partial charge on any atom is 0.292 e. The zero-order valence-electron chi connectivity index (χ0n) is 12.8. The Bertz CT molecular complexity index is 1130. The lowest BCUT2D eigenvalue weighted by Gasteiger charge is -2.00. The minimum Gasteiger partial charge on any atom is -0.265 e. The number of benzene rings is 2. The predicted octanol–water partition coefficient (Wildman–Crippen LogP) is 2.68. The van der Waals surface area contributed by atoms with Crippen molar-refractivity contribution in [1.29, 1.82) is 0 Å². The van der Waals surface area contributed by atoms with Gasteiger partial charge in [0, 0.05) is 23.9 Å². The standard InChI is InChI=1S/C17H11N5O3/c23-17-16-14(15(18-19-17)11-4-2-1-3-5-11)10-21(20-16)12-6-8-13(9-7-12)22(24)25/h1-10H,(H,19,23). The highest BCUT2D eigenvalue weighted by molar-refractivity contribution is 5.91. The van der Waals surface area contributed by atoms with Crippen molar-refractivity contribution < 1.29 is 4.92 Å². The fourth-order valence-electron chi connectivity index (χ4n) is 2.61. The van der Waals surface area contributed by atoms with Gasteiger partial charge in [0.25, 0.3) is 11.2 Å². The van der Waals surface area contributed by atoms with Crippen LogP contribution in [-0.2, 0) is 0 Å². The SMILES string of the molecule is O=c1[nH]nc(-c2ccccc2)c2cn(-c3ccc([N+](=O)[O-])cc3)nc12. The minimum atomic E-state index is -0.467. The molecular formula is C17H11N5O3. The molecule has 122 valence electrons. The summed E-state index contributed by atoms with van der Waals surface area (Å²) in [4.78, 5) is 22.4. The topological polar surface area (TPSA) is 107 Å². The van der Waals surface area contributed by atoms with Crippen molar-refractivity contribution in [2.45, 2.75) is 0 Å². The van der Waals surface area contributed by atoms with Crippen LogP contribution in [0.15, 0.2) is 65.6 Å². The number of rotatable bonds is 3. The van der Waals surface area contributed by atoms with Gasteiger partial charge in [-0.2, -0.15) is 10.2 Å². The van der Waals surface area contributed by atoms with Crippen LogP contribution >= 0.6 is 0 Å². The van der Waals surface area contributed by atoms with Crippen LogP contribution in [0.4, 0.5) is 5.69 Å². The van der Waals surface area contributed by atoms with Crippen molar-refractivity contribution >= 4 is 16.6 Å². The molecule has 0 radical (unpaired) electrons. The maximum atomic E-state index is 12.1. The van der Waals surface area contributed by atoms with E-state index in [0.29, 0.717) is 16.8 Å². The molecule has 0 spiro atoms. The molecule has 0 atom stereocenters. The van der Waals surface area contributed by atoms with Crippen molar-refractivity contribution in [1.82, 2.24) is 20.0 Å². The van der Waals surface area contributed by atoms with Gasteiger partial charge in [0.1, 0.15) is 5.69 Å². The lowest BCUT2D eigenvalue weighted by Crippen LogP contribution is -2.09. The van der Waals surface area contributed by atoms with Gasteiger partial charge < -0.3 is 0 Å². The Balaban J connectivity index is 1.89. The van der Waals surface area contributed by atoms with Crippen LogP contribution in [0, 0.1) is 10.1 Å². The average Bonchev–Trinajstić information content (AvgIpc) is 3.09. The molecule has 0 aliphatic heterocycles. The second kappa shape index (κ2) is 5.68. The Labute approximate surface area is 140 Å². The number of H-pyrrole nitrogens is 1. The van der Waals surface area contributed by atoms with Crippen LogP contribution in [-0.4, -0.2) is 24.9 Å². The van der Waals surface area contributed by atoms with Crippen molar-refractivity contribution in [2.75, 3.05) is 0 Å². The lowest BCUT2D eigenvalue weighted by molar-refractivity contribution is -0.384. The lowest BCUT2D eigenvalue weighted by atomic mass is 10.1. The first-order valence-corrected chi connectivity index (χ1v) is 7.42. The number of hydrogen-bond donors (Lipinski definition) is 1. The van der Waals surface area contributed by atoms with E-state index >= 15 is 0 Å². The third kappa shape index (κ3) is 2.55. The minimum absolute atomic E-state index is 0.00931. The van der Waals surface area contributed by atoms with Gasteiger partial charge >= 0.3 is 0 Å². The average molecular weight is 333 g/mol. The number of nitrogens with one attached hydrogen (secondary N) is 1. The van der Waals surface area contributed by atoms with Gasteiger partial charge in [-0.25, -0.2) is 9.78 Å². The highest BCUT2D eigenvalue weighted by Crippen LogP contribution is 2.24. The molecule has 4 aromatic rings. The van der Waals surface area contributed by atoms with Crippen LogP contribution in [0.1, 0.15) is 0 Å². The Morgan fingerprint density at radius 2 is 1.76 bits per heavy atom. The van der Waals surface area contributed by atoms with Gasteiger partial charge in [0.15, 0.2) is 5.52 Å². The Morgan fingerprint density at radius 3 is 2.44 bits per heavy atom. The fraction of sp³-hybridized carbons (Fsp3) is 0. The Kier molecular flexibility index (Phi) is 3.35. The van der Waals surface area contributed by atoms with E-state index in [1.54, 1.807) is 18.3 Å².